The van der Waals surface area contributed by atoms with E-state index in [9.17, 15) is 0 Å². The largest absolute Gasteiger partial charge is 0.371 e. The minimum atomic E-state index is 0.334. The molecule has 0 fully saturated rings. The van der Waals surface area contributed by atoms with E-state index in [1.165, 1.54) is 15.3 Å². The Bertz CT molecular complexity index is 649. The molecule has 0 N–H and O–H groups in total. The Morgan fingerprint density at radius 1 is 1.24 bits per heavy atom. The summed E-state index contributed by atoms with van der Waals surface area (Å²) in [5.74, 6) is 0. The fraction of sp³-hybridized carbons (Fsp3) is 0.353. The zero-order chi connectivity index (χ0) is 14.8. The van der Waals surface area contributed by atoms with E-state index < -0.39 is 0 Å². The van der Waals surface area contributed by atoms with Gasteiger partial charge in [-0.3, -0.25) is 0 Å². The first kappa shape index (κ1) is 14.1. The lowest BCUT2D eigenvalue weighted by molar-refractivity contribution is 0.341. The molecule has 2 aromatic heterocycles. The van der Waals surface area contributed by atoms with Gasteiger partial charge in [0, 0.05) is 46.5 Å². The van der Waals surface area contributed by atoms with Gasteiger partial charge in [0.15, 0.2) is 0 Å². The Kier molecular flexibility index (Phi) is 3.97. The Morgan fingerprint density at radius 2 is 2.10 bits per heavy atom. The lowest BCUT2D eigenvalue weighted by Crippen LogP contribution is -2.27. The number of hydrogen-bond acceptors (Lipinski definition) is 3. The summed E-state index contributed by atoms with van der Waals surface area (Å²) < 4.78 is 2.14. The summed E-state index contributed by atoms with van der Waals surface area (Å²) in [7, 11) is 0. The van der Waals surface area contributed by atoms with Crippen molar-refractivity contribution in [2.24, 2.45) is 0 Å². The summed E-state index contributed by atoms with van der Waals surface area (Å²) in [5.41, 5.74) is 1.31. The molecule has 110 valence electrons. The zero-order valence-corrected chi connectivity index (χ0v) is 13.5. The number of imidazole rings is 1. The molecule has 0 saturated carbocycles. The third-order valence-electron chi connectivity index (χ3n) is 3.88. The van der Waals surface area contributed by atoms with E-state index >= 15 is 0 Å². The van der Waals surface area contributed by atoms with Crippen molar-refractivity contribution in [3.63, 3.8) is 0 Å². The maximum absolute atomic E-state index is 4.13. The first-order valence-electron chi connectivity index (χ1n) is 7.37. The number of rotatable bonds is 4. The van der Waals surface area contributed by atoms with Crippen LogP contribution in [0.15, 0.2) is 49.2 Å². The van der Waals surface area contributed by atoms with Crippen molar-refractivity contribution in [3.8, 4) is 0 Å². The van der Waals surface area contributed by atoms with Crippen molar-refractivity contribution in [3.05, 3.63) is 59.0 Å². The normalized spacial score (nSPS) is 16.4. The highest BCUT2D eigenvalue weighted by Crippen LogP contribution is 2.32. The lowest BCUT2D eigenvalue weighted by Gasteiger charge is -2.26. The molecule has 4 heteroatoms. The van der Waals surface area contributed by atoms with Gasteiger partial charge in [-0.1, -0.05) is 12.2 Å². The number of hydrogen-bond donors (Lipinski definition) is 0. The summed E-state index contributed by atoms with van der Waals surface area (Å²) in [6, 6.07) is 5.33. The maximum Gasteiger partial charge on any atom is 0.0951 e. The number of nitrogens with zero attached hydrogens (tertiary/aromatic N) is 3. The van der Waals surface area contributed by atoms with Gasteiger partial charge in [-0.15, -0.1) is 11.3 Å². The minimum absolute atomic E-state index is 0.334. The molecule has 0 saturated heterocycles. The van der Waals surface area contributed by atoms with Crippen LogP contribution < -0.4 is 0 Å². The highest BCUT2D eigenvalue weighted by Gasteiger charge is 2.14. The third kappa shape index (κ3) is 2.95. The molecule has 0 spiro atoms. The molecule has 3 nitrogen and oxygen atoms in total. The van der Waals surface area contributed by atoms with E-state index in [1.807, 2.05) is 30.1 Å². The summed E-state index contributed by atoms with van der Waals surface area (Å²) in [6.45, 7) is 7.68. The molecule has 1 aliphatic heterocycles. The summed E-state index contributed by atoms with van der Waals surface area (Å²) >= 11 is 1.86. The van der Waals surface area contributed by atoms with Crippen LogP contribution in [0.1, 0.15) is 36.6 Å². The lowest BCUT2D eigenvalue weighted by atomic mass is 10.1. The quantitative estimate of drug-likeness (QED) is 0.844. The monoisotopic (exact) mass is 299 g/mol. The summed E-state index contributed by atoms with van der Waals surface area (Å²) in [6.07, 6.45) is 12.5. The standard InChI is InChI=1S/C17H21N3S/c1-13(2)19-9-4-5-15(11-19)17-7-6-16(21-17)14(3)20-10-8-18-12-20/h4-8,10-14H,9H2,1-3H3. The predicted molar refractivity (Wildman–Crippen MR) is 89.3 cm³/mol. The van der Waals surface area contributed by atoms with Crippen LogP contribution in [0.2, 0.25) is 0 Å². The van der Waals surface area contributed by atoms with Gasteiger partial charge < -0.3 is 9.47 Å². The minimum Gasteiger partial charge on any atom is -0.371 e. The van der Waals surface area contributed by atoms with E-state index in [1.54, 1.807) is 0 Å². The van der Waals surface area contributed by atoms with Crippen LogP contribution in [0.5, 0.6) is 0 Å². The third-order valence-corrected chi connectivity index (χ3v) is 5.18. The van der Waals surface area contributed by atoms with Crippen LogP contribution in [0.3, 0.4) is 0 Å². The molecular formula is C17H21N3S. The van der Waals surface area contributed by atoms with E-state index in [4.69, 9.17) is 0 Å². The van der Waals surface area contributed by atoms with E-state index in [0.29, 0.717) is 12.1 Å². The Hall–Kier alpha value is -1.81. The van der Waals surface area contributed by atoms with E-state index in [-0.39, 0.29) is 0 Å². The second kappa shape index (κ2) is 5.90. The highest BCUT2D eigenvalue weighted by molar-refractivity contribution is 7.13. The van der Waals surface area contributed by atoms with Gasteiger partial charge in [0.25, 0.3) is 0 Å². The topological polar surface area (TPSA) is 21.1 Å². The molecule has 0 aromatic carbocycles. The average Bonchev–Trinajstić information content (AvgIpc) is 3.18. The number of allylic oxidation sites excluding steroid dienone is 2. The molecule has 0 amide bonds. The molecule has 3 rings (SSSR count). The van der Waals surface area contributed by atoms with E-state index in [2.05, 4.69) is 65.7 Å². The molecule has 1 aliphatic rings. The van der Waals surface area contributed by atoms with Crippen molar-refractivity contribution in [2.45, 2.75) is 32.9 Å². The zero-order valence-electron chi connectivity index (χ0n) is 12.7. The van der Waals surface area contributed by atoms with Gasteiger partial charge in [-0.2, -0.15) is 0 Å². The molecule has 0 radical (unpaired) electrons. The summed E-state index contributed by atoms with van der Waals surface area (Å²) in [5, 5.41) is 0. The van der Waals surface area contributed by atoms with Crippen molar-refractivity contribution in [1.29, 1.82) is 0 Å². The number of thiophene rings is 1. The first-order valence-corrected chi connectivity index (χ1v) is 8.18. The Morgan fingerprint density at radius 3 is 2.81 bits per heavy atom. The summed E-state index contributed by atoms with van der Waals surface area (Å²) in [4.78, 5) is 9.19. The first-order chi connectivity index (χ1) is 10.1. The number of aromatic nitrogens is 2. The fourth-order valence-electron chi connectivity index (χ4n) is 2.46. The SMILES string of the molecule is CC(C)N1C=C(c2ccc(C(C)n3ccnc3)s2)C=CC1. The Labute approximate surface area is 130 Å². The van der Waals surface area contributed by atoms with Crippen molar-refractivity contribution in [2.75, 3.05) is 6.54 Å². The van der Waals surface area contributed by atoms with Gasteiger partial charge in [0.05, 0.1) is 12.4 Å². The van der Waals surface area contributed by atoms with Gasteiger partial charge in [-0.25, -0.2) is 4.98 Å². The molecule has 2 aromatic rings. The second-order valence-electron chi connectivity index (χ2n) is 5.67. The fourth-order valence-corrected chi connectivity index (χ4v) is 3.52. The second-order valence-corrected chi connectivity index (χ2v) is 6.78. The van der Waals surface area contributed by atoms with Crippen LogP contribution in [-0.4, -0.2) is 27.0 Å². The van der Waals surface area contributed by atoms with Gasteiger partial charge in [0.2, 0.25) is 0 Å². The Balaban J connectivity index is 1.83. The molecule has 1 atom stereocenters. The predicted octanol–water partition coefficient (Wildman–Crippen LogP) is 4.18. The van der Waals surface area contributed by atoms with Crippen LogP contribution in [0.25, 0.3) is 5.57 Å². The van der Waals surface area contributed by atoms with Crippen LogP contribution in [0, 0.1) is 0 Å². The van der Waals surface area contributed by atoms with Gasteiger partial charge in [-0.05, 0) is 32.9 Å². The van der Waals surface area contributed by atoms with Crippen molar-refractivity contribution >= 4 is 16.9 Å². The van der Waals surface area contributed by atoms with Crippen LogP contribution in [0.4, 0.5) is 0 Å². The molecule has 0 aliphatic carbocycles. The van der Waals surface area contributed by atoms with Gasteiger partial charge in [0.1, 0.15) is 0 Å². The molecule has 0 bridgehead atoms. The molecular weight excluding hydrogens is 278 g/mol. The highest BCUT2D eigenvalue weighted by atomic mass is 32.1. The molecule has 3 heterocycles. The smallest absolute Gasteiger partial charge is 0.0951 e. The van der Waals surface area contributed by atoms with Crippen molar-refractivity contribution < 1.29 is 0 Å². The van der Waals surface area contributed by atoms with Crippen LogP contribution in [-0.2, 0) is 0 Å². The molecule has 21 heavy (non-hydrogen) atoms. The van der Waals surface area contributed by atoms with Gasteiger partial charge >= 0.3 is 0 Å². The van der Waals surface area contributed by atoms with Crippen LogP contribution >= 0.6 is 11.3 Å². The average molecular weight is 299 g/mol. The van der Waals surface area contributed by atoms with E-state index in [0.717, 1.165) is 6.54 Å². The van der Waals surface area contributed by atoms with Crippen molar-refractivity contribution in [1.82, 2.24) is 14.5 Å². The molecule has 1 unspecified atom stereocenters. The maximum atomic E-state index is 4.13.